The first-order valence-corrected chi connectivity index (χ1v) is 8.28. The number of aromatic nitrogens is 4. The number of fused-ring (bicyclic) bond motifs is 1. The molecule has 3 rings (SSSR count). The number of nitrogens with zero attached hydrogens (tertiary/aromatic N) is 5. The van der Waals surface area contributed by atoms with Crippen molar-refractivity contribution in [2.24, 2.45) is 0 Å². The number of carbonyl (C=O) groups is 1. The minimum Gasteiger partial charge on any atom is -0.382 e. The van der Waals surface area contributed by atoms with Crippen LogP contribution in [0.4, 0.5) is 5.82 Å². The van der Waals surface area contributed by atoms with Crippen LogP contribution in [0.2, 0.25) is 0 Å². The van der Waals surface area contributed by atoms with Crippen molar-refractivity contribution in [1.29, 1.82) is 0 Å². The molecule has 0 spiro atoms. The molecule has 1 aliphatic heterocycles. The highest BCUT2D eigenvalue weighted by atomic mass is 16.5. The average molecular weight is 332 g/mol. The van der Waals surface area contributed by atoms with Gasteiger partial charge in [-0.15, -0.1) is 0 Å². The maximum atomic E-state index is 12.3. The molecule has 24 heavy (non-hydrogen) atoms. The molecule has 2 aromatic rings. The van der Waals surface area contributed by atoms with Crippen molar-refractivity contribution in [2.45, 2.75) is 44.8 Å². The molecule has 2 N–H and O–H groups in total. The van der Waals surface area contributed by atoms with E-state index in [0.29, 0.717) is 24.3 Å². The molecular formula is C16H24N6O2. The molecule has 0 aromatic carbocycles. The summed E-state index contributed by atoms with van der Waals surface area (Å²) in [6.45, 7) is 4.17. The highest BCUT2D eigenvalue weighted by molar-refractivity contribution is 5.81. The summed E-state index contributed by atoms with van der Waals surface area (Å²) in [6.07, 6.45) is 6.40. The standard InChI is InChI=1S/C16H24N6O2/c1-16(5-3-8-24-16)9-12(23)21(2)6-4-7-22-11-20-13-14(17)18-10-19-15(13)22/h10-11H,3-9H2,1-2H3,(H2,17,18,19). The molecule has 1 amide bonds. The zero-order chi connectivity index (χ0) is 17.2. The fourth-order valence-electron chi connectivity index (χ4n) is 3.10. The molecule has 0 saturated carbocycles. The van der Waals surface area contributed by atoms with Gasteiger partial charge in [0.1, 0.15) is 11.8 Å². The third kappa shape index (κ3) is 3.48. The van der Waals surface area contributed by atoms with Gasteiger partial charge in [0, 0.05) is 26.7 Å². The van der Waals surface area contributed by atoms with Gasteiger partial charge in [-0.05, 0) is 26.2 Å². The fourth-order valence-corrected chi connectivity index (χ4v) is 3.10. The zero-order valence-corrected chi connectivity index (χ0v) is 14.2. The molecule has 0 bridgehead atoms. The summed E-state index contributed by atoms with van der Waals surface area (Å²) in [6, 6.07) is 0. The monoisotopic (exact) mass is 332 g/mol. The lowest BCUT2D eigenvalue weighted by molar-refractivity contribution is -0.135. The molecule has 3 heterocycles. The number of aryl methyl sites for hydroxylation is 1. The number of hydrogen-bond donors (Lipinski definition) is 1. The molecule has 0 aliphatic carbocycles. The largest absolute Gasteiger partial charge is 0.382 e. The van der Waals surface area contributed by atoms with E-state index in [1.165, 1.54) is 6.33 Å². The van der Waals surface area contributed by atoms with Gasteiger partial charge < -0.3 is 19.9 Å². The van der Waals surface area contributed by atoms with Crippen LogP contribution in [-0.2, 0) is 16.1 Å². The Bertz CT molecular complexity index is 722. The van der Waals surface area contributed by atoms with Crippen LogP contribution in [0.3, 0.4) is 0 Å². The SMILES string of the molecule is CN(CCCn1cnc2c(N)ncnc21)C(=O)CC1(C)CCCO1. The number of carbonyl (C=O) groups excluding carboxylic acids is 1. The van der Waals surface area contributed by atoms with Crippen molar-refractivity contribution in [1.82, 2.24) is 24.4 Å². The Morgan fingerprint density at radius 2 is 2.29 bits per heavy atom. The normalized spacial score (nSPS) is 20.6. The van der Waals surface area contributed by atoms with Gasteiger partial charge in [-0.2, -0.15) is 0 Å². The van der Waals surface area contributed by atoms with Crippen LogP contribution >= 0.6 is 0 Å². The van der Waals surface area contributed by atoms with E-state index in [1.807, 2.05) is 18.5 Å². The molecule has 1 unspecified atom stereocenters. The van der Waals surface area contributed by atoms with Gasteiger partial charge in [0.05, 0.1) is 18.3 Å². The topological polar surface area (TPSA) is 99.2 Å². The van der Waals surface area contributed by atoms with Crippen molar-refractivity contribution >= 4 is 22.9 Å². The molecule has 1 aliphatic rings. The first-order chi connectivity index (χ1) is 11.5. The van der Waals surface area contributed by atoms with Gasteiger partial charge in [0.15, 0.2) is 11.5 Å². The van der Waals surface area contributed by atoms with Gasteiger partial charge >= 0.3 is 0 Å². The van der Waals surface area contributed by atoms with E-state index in [1.54, 1.807) is 11.2 Å². The summed E-state index contributed by atoms with van der Waals surface area (Å²) in [5.41, 5.74) is 6.84. The Morgan fingerprint density at radius 3 is 3.04 bits per heavy atom. The number of hydrogen-bond acceptors (Lipinski definition) is 6. The Labute approximate surface area is 141 Å². The molecule has 2 aromatic heterocycles. The van der Waals surface area contributed by atoms with Crippen molar-refractivity contribution in [3.8, 4) is 0 Å². The lowest BCUT2D eigenvalue weighted by Crippen LogP contribution is -2.36. The van der Waals surface area contributed by atoms with E-state index in [0.717, 1.165) is 38.1 Å². The Kier molecular flexibility index (Phi) is 4.66. The van der Waals surface area contributed by atoms with Gasteiger partial charge in [0.2, 0.25) is 5.91 Å². The van der Waals surface area contributed by atoms with Crippen LogP contribution in [0.15, 0.2) is 12.7 Å². The smallest absolute Gasteiger partial charge is 0.225 e. The molecular weight excluding hydrogens is 308 g/mol. The minimum absolute atomic E-state index is 0.126. The number of imidazole rings is 1. The van der Waals surface area contributed by atoms with Crippen LogP contribution in [0.5, 0.6) is 0 Å². The summed E-state index contributed by atoms with van der Waals surface area (Å²) in [4.78, 5) is 26.5. The first kappa shape index (κ1) is 16.6. The number of nitrogen functional groups attached to an aromatic ring is 1. The predicted molar refractivity (Wildman–Crippen MR) is 90.2 cm³/mol. The van der Waals surface area contributed by atoms with Crippen molar-refractivity contribution in [3.63, 3.8) is 0 Å². The van der Waals surface area contributed by atoms with E-state index >= 15 is 0 Å². The average Bonchev–Trinajstić information content (AvgIpc) is 3.15. The number of nitrogens with two attached hydrogens (primary N) is 1. The van der Waals surface area contributed by atoms with Crippen LogP contribution < -0.4 is 5.73 Å². The Balaban J connectivity index is 1.52. The van der Waals surface area contributed by atoms with Crippen LogP contribution in [0.1, 0.15) is 32.6 Å². The second-order valence-corrected chi connectivity index (χ2v) is 6.62. The van der Waals surface area contributed by atoms with E-state index in [2.05, 4.69) is 15.0 Å². The third-order valence-corrected chi connectivity index (χ3v) is 4.57. The summed E-state index contributed by atoms with van der Waals surface area (Å²) >= 11 is 0. The summed E-state index contributed by atoms with van der Waals surface area (Å²) in [5, 5.41) is 0. The van der Waals surface area contributed by atoms with Crippen molar-refractivity contribution < 1.29 is 9.53 Å². The lowest BCUT2D eigenvalue weighted by atomic mass is 9.98. The maximum absolute atomic E-state index is 12.3. The van der Waals surface area contributed by atoms with E-state index < -0.39 is 0 Å². The Morgan fingerprint density at radius 1 is 1.46 bits per heavy atom. The van der Waals surface area contributed by atoms with Crippen molar-refractivity contribution in [2.75, 3.05) is 25.9 Å². The zero-order valence-electron chi connectivity index (χ0n) is 14.2. The van der Waals surface area contributed by atoms with Gasteiger partial charge in [0.25, 0.3) is 0 Å². The van der Waals surface area contributed by atoms with Crippen LogP contribution in [-0.4, -0.2) is 56.1 Å². The summed E-state index contributed by atoms with van der Waals surface area (Å²) in [7, 11) is 1.84. The molecule has 8 heteroatoms. The van der Waals surface area contributed by atoms with Crippen LogP contribution in [0, 0.1) is 0 Å². The second-order valence-electron chi connectivity index (χ2n) is 6.62. The second kappa shape index (κ2) is 6.72. The van der Waals surface area contributed by atoms with Gasteiger partial charge in [-0.25, -0.2) is 15.0 Å². The van der Waals surface area contributed by atoms with E-state index in [9.17, 15) is 4.79 Å². The van der Waals surface area contributed by atoms with E-state index in [-0.39, 0.29) is 11.5 Å². The minimum atomic E-state index is -0.291. The number of amides is 1. The number of rotatable bonds is 6. The molecule has 1 fully saturated rings. The molecule has 8 nitrogen and oxygen atoms in total. The third-order valence-electron chi connectivity index (χ3n) is 4.57. The fraction of sp³-hybridized carbons (Fsp3) is 0.625. The predicted octanol–water partition coefficient (Wildman–Crippen LogP) is 1.22. The lowest BCUT2D eigenvalue weighted by Gasteiger charge is -2.26. The highest BCUT2D eigenvalue weighted by Gasteiger charge is 2.33. The molecule has 130 valence electrons. The van der Waals surface area contributed by atoms with Crippen molar-refractivity contribution in [3.05, 3.63) is 12.7 Å². The number of anilines is 1. The van der Waals surface area contributed by atoms with E-state index in [4.69, 9.17) is 10.5 Å². The first-order valence-electron chi connectivity index (χ1n) is 8.28. The maximum Gasteiger partial charge on any atom is 0.225 e. The summed E-state index contributed by atoms with van der Waals surface area (Å²) < 4.78 is 7.64. The summed E-state index contributed by atoms with van der Waals surface area (Å²) in [5.74, 6) is 0.511. The molecule has 0 radical (unpaired) electrons. The van der Waals surface area contributed by atoms with Gasteiger partial charge in [-0.1, -0.05) is 0 Å². The highest BCUT2D eigenvalue weighted by Crippen LogP contribution is 2.28. The Hall–Kier alpha value is -2.22. The van der Waals surface area contributed by atoms with Crippen LogP contribution in [0.25, 0.3) is 11.2 Å². The van der Waals surface area contributed by atoms with Gasteiger partial charge in [-0.3, -0.25) is 4.79 Å². The number of ether oxygens (including phenoxy) is 1. The molecule has 1 atom stereocenters. The molecule has 1 saturated heterocycles. The quantitative estimate of drug-likeness (QED) is 0.854.